The standard InChI is InChI=1S/C14H14N4O2/c1-2-18(7-3-6-15)13-11-5-4-10(14(19)20)8-12(11)16-9-17-13/h4-5,8-9H,2-3,7H2,1H3,(H,19,20). The van der Waals surface area contributed by atoms with E-state index in [1.807, 2.05) is 11.8 Å². The quantitative estimate of drug-likeness (QED) is 0.894. The fourth-order valence-electron chi connectivity index (χ4n) is 2.03. The molecule has 0 radical (unpaired) electrons. The van der Waals surface area contributed by atoms with Crippen molar-refractivity contribution in [3.63, 3.8) is 0 Å². The van der Waals surface area contributed by atoms with Crippen molar-refractivity contribution in [1.82, 2.24) is 9.97 Å². The maximum Gasteiger partial charge on any atom is 0.335 e. The normalized spacial score (nSPS) is 10.2. The Balaban J connectivity index is 2.49. The number of rotatable bonds is 5. The number of hydrogen-bond donors (Lipinski definition) is 1. The van der Waals surface area contributed by atoms with Crippen LogP contribution in [0.25, 0.3) is 10.9 Å². The zero-order valence-electron chi connectivity index (χ0n) is 11.1. The summed E-state index contributed by atoms with van der Waals surface area (Å²) in [6, 6.07) is 6.89. The number of anilines is 1. The van der Waals surface area contributed by atoms with Crippen LogP contribution >= 0.6 is 0 Å². The Bertz CT molecular complexity index is 678. The van der Waals surface area contributed by atoms with Gasteiger partial charge in [0, 0.05) is 18.5 Å². The molecule has 0 unspecified atom stereocenters. The van der Waals surface area contributed by atoms with Gasteiger partial charge in [-0.25, -0.2) is 14.8 Å². The second-order valence-electron chi connectivity index (χ2n) is 4.22. The highest BCUT2D eigenvalue weighted by Crippen LogP contribution is 2.23. The highest BCUT2D eigenvalue weighted by molar-refractivity contribution is 5.96. The molecule has 6 nitrogen and oxygen atoms in total. The second kappa shape index (κ2) is 5.97. The van der Waals surface area contributed by atoms with Gasteiger partial charge in [0.05, 0.1) is 23.6 Å². The van der Waals surface area contributed by atoms with Crippen LogP contribution in [0.2, 0.25) is 0 Å². The smallest absolute Gasteiger partial charge is 0.335 e. The van der Waals surface area contributed by atoms with Gasteiger partial charge in [-0.3, -0.25) is 0 Å². The van der Waals surface area contributed by atoms with Gasteiger partial charge in [0.2, 0.25) is 0 Å². The van der Waals surface area contributed by atoms with E-state index < -0.39 is 5.97 Å². The van der Waals surface area contributed by atoms with Crippen LogP contribution in [0.3, 0.4) is 0 Å². The van der Waals surface area contributed by atoms with Gasteiger partial charge in [0.25, 0.3) is 0 Å². The van der Waals surface area contributed by atoms with Crippen molar-refractivity contribution in [3.05, 3.63) is 30.1 Å². The van der Waals surface area contributed by atoms with Crippen LogP contribution in [0.5, 0.6) is 0 Å². The molecule has 1 N–H and O–H groups in total. The predicted octanol–water partition coefficient (Wildman–Crippen LogP) is 2.07. The Kier molecular flexibility index (Phi) is 4.11. The van der Waals surface area contributed by atoms with E-state index in [0.717, 1.165) is 11.2 Å². The van der Waals surface area contributed by atoms with Crippen LogP contribution in [-0.4, -0.2) is 34.1 Å². The Labute approximate surface area is 116 Å². The van der Waals surface area contributed by atoms with Gasteiger partial charge in [0.1, 0.15) is 12.1 Å². The topological polar surface area (TPSA) is 90.1 Å². The molecule has 0 aliphatic carbocycles. The number of carbonyl (C=O) groups is 1. The highest BCUT2D eigenvalue weighted by atomic mass is 16.4. The zero-order valence-corrected chi connectivity index (χ0v) is 11.1. The van der Waals surface area contributed by atoms with E-state index in [0.29, 0.717) is 25.0 Å². The van der Waals surface area contributed by atoms with Crippen molar-refractivity contribution < 1.29 is 9.90 Å². The SMILES string of the molecule is CCN(CCC#N)c1ncnc2cc(C(=O)O)ccc12. The lowest BCUT2D eigenvalue weighted by Crippen LogP contribution is -2.25. The van der Waals surface area contributed by atoms with Crippen LogP contribution in [0.1, 0.15) is 23.7 Å². The summed E-state index contributed by atoms with van der Waals surface area (Å²) in [6.45, 7) is 3.28. The van der Waals surface area contributed by atoms with Gasteiger partial charge >= 0.3 is 5.97 Å². The first-order valence-electron chi connectivity index (χ1n) is 6.27. The van der Waals surface area contributed by atoms with Gasteiger partial charge in [-0.05, 0) is 25.1 Å². The molecule has 0 atom stereocenters. The average Bonchev–Trinajstić information content (AvgIpc) is 2.47. The summed E-state index contributed by atoms with van der Waals surface area (Å²) in [5, 5.41) is 18.5. The van der Waals surface area contributed by atoms with Crippen molar-refractivity contribution in [1.29, 1.82) is 5.26 Å². The van der Waals surface area contributed by atoms with Crippen LogP contribution in [0.4, 0.5) is 5.82 Å². The van der Waals surface area contributed by atoms with E-state index in [1.54, 1.807) is 6.07 Å². The molecule has 6 heteroatoms. The molecular formula is C14H14N4O2. The Morgan fingerprint density at radius 2 is 2.25 bits per heavy atom. The molecular weight excluding hydrogens is 256 g/mol. The number of carboxylic acid groups (broad SMARTS) is 1. The van der Waals surface area contributed by atoms with E-state index in [-0.39, 0.29) is 5.56 Å². The van der Waals surface area contributed by atoms with Crippen molar-refractivity contribution in [2.24, 2.45) is 0 Å². The van der Waals surface area contributed by atoms with Gasteiger partial charge < -0.3 is 10.0 Å². The van der Waals surface area contributed by atoms with Crippen LogP contribution in [0.15, 0.2) is 24.5 Å². The Hall–Kier alpha value is -2.68. The summed E-state index contributed by atoms with van der Waals surface area (Å²) < 4.78 is 0. The lowest BCUT2D eigenvalue weighted by molar-refractivity contribution is 0.0697. The molecule has 102 valence electrons. The molecule has 0 fully saturated rings. The van der Waals surface area contributed by atoms with E-state index in [4.69, 9.17) is 10.4 Å². The van der Waals surface area contributed by atoms with Crippen molar-refractivity contribution in [2.45, 2.75) is 13.3 Å². The fourth-order valence-corrected chi connectivity index (χ4v) is 2.03. The van der Waals surface area contributed by atoms with Crippen molar-refractivity contribution >= 4 is 22.7 Å². The molecule has 0 saturated carbocycles. The Morgan fingerprint density at radius 3 is 2.90 bits per heavy atom. The summed E-state index contributed by atoms with van der Waals surface area (Å²) in [4.78, 5) is 21.3. The third-order valence-corrected chi connectivity index (χ3v) is 3.04. The van der Waals surface area contributed by atoms with E-state index >= 15 is 0 Å². The second-order valence-corrected chi connectivity index (χ2v) is 4.22. The molecule has 1 aromatic carbocycles. The molecule has 0 saturated heterocycles. The molecule has 1 heterocycles. The van der Waals surface area contributed by atoms with Crippen molar-refractivity contribution in [3.8, 4) is 6.07 Å². The number of nitrogens with zero attached hydrogens (tertiary/aromatic N) is 4. The minimum atomic E-state index is -0.983. The number of aromatic carboxylic acids is 1. The van der Waals surface area contributed by atoms with Gasteiger partial charge in [-0.15, -0.1) is 0 Å². The lowest BCUT2D eigenvalue weighted by Gasteiger charge is -2.21. The number of hydrogen-bond acceptors (Lipinski definition) is 5. The third-order valence-electron chi connectivity index (χ3n) is 3.04. The molecule has 0 aliphatic rings. The number of carboxylic acids is 1. The third kappa shape index (κ3) is 2.67. The first-order chi connectivity index (χ1) is 9.67. The monoisotopic (exact) mass is 270 g/mol. The molecule has 2 aromatic rings. The maximum absolute atomic E-state index is 11.0. The summed E-state index contributed by atoms with van der Waals surface area (Å²) in [5.74, 6) is -0.256. The first kappa shape index (κ1) is 13.7. The molecule has 2 rings (SSSR count). The highest BCUT2D eigenvalue weighted by Gasteiger charge is 2.12. The molecule has 20 heavy (non-hydrogen) atoms. The lowest BCUT2D eigenvalue weighted by atomic mass is 10.1. The van der Waals surface area contributed by atoms with Crippen LogP contribution in [-0.2, 0) is 0 Å². The first-order valence-corrected chi connectivity index (χ1v) is 6.27. The molecule has 0 bridgehead atoms. The molecule has 0 spiro atoms. The summed E-state index contributed by atoms with van der Waals surface area (Å²) in [5.41, 5.74) is 0.785. The number of nitriles is 1. The van der Waals surface area contributed by atoms with E-state index in [2.05, 4.69) is 16.0 Å². The average molecular weight is 270 g/mol. The maximum atomic E-state index is 11.0. The zero-order chi connectivity index (χ0) is 14.5. The van der Waals surface area contributed by atoms with Gasteiger partial charge in [-0.2, -0.15) is 5.26 Å². The molecule has 1 aromatic heterocycles. The van der Waals surface area contributed by atoms with Crippen molar-refractivity contribution in [2.75, 3.05) is 18.0 Å². The van der Waals surface area contributed by atoms with E-state index in [1.165, 1.54) is 18.5 Å². The summed E-state index contributed by atoms with van der Waals surface area (Å²) in [6.07, 6.45) is 1.82. The van der Waals surface area contributed by atoms with Crippen LogP contribution < -0.4 is 4.90 Å². The minimum Gasteiger partial charge on any atom is -0.478 e. The summed E-state index contributed by atoms with van der Waals surface area (Å²) >= 11 is 0. The van der Waals surface area contributed by atoms with Crippen LogP contribution in [0, 0.1) is 11.3 Å². The summed E-state index contributed by atoms with van der Waals surface area (Å²) in [7, 11) is 0. The Morgan fingerprint density at radius 1 is 1.45 bits per heavy atom. The number of benzene rings is 1. The number of aromatic nitrogens is 2. The van der Waals surface area contributed by atoms with Gasteiger partial charge in [0.15, 0.2) is 0 Å². The van der Waals surface area contributed by atoms with Gasteiger partial charge in [-0.1, -0.05) is 0 Å². The van der Waals surface area contributed by atoms with E-state index in [9.17, 15) is 4.79 Å². The molecule has 0 aliphatic heterocycles. The molecule has 0 amide bonds. The fraction of sp³-hybridized carbons (Fsp3) is 0.286. The number of fused-ring (bicyclic) bond motifs is 1. The predicted molar refractivity (Wildman–Crippen MR) is 74.6 cm³/mol. The minimum absolute atomic E-state index is 0.197. The largest absolute Gasteiger partial charge is 0.478 e.